The molecule has 0 saturated carbocycles. The Morgan fingerprint density at radius 3 is 2.05 bits per heavy atom. The van der Waals surface area contributed by atoms with Crippen molar-refractivity contribution in [3.63, 3.8) is 0 Å². The molecule has 0 spiro atoms. The molecule has 0 bridgehead atoms. The van der Waals surface area contributed by atoms with Crippen LogP contribution < -0.4 is 0 Å². The highest BCUT2D eigenvalue weighted by Gasteiger charge is 2.00. The first-order chi connectivity index (χ1) is 9.36. The Labute approximate surface area is 117 Å². The van der Waals surface area contributed by atoms with Crippen molar-refractivity contribution >= 4 is 6.29 Å². The van der Waals surface area contributed by atoms with E-state index in [0.717, 1.165) is 18.3 Å². The summed E-state index contributed by atoms with van der Waals surface area (Å²) >= 11 is 0. The van der Waals surface area contributed by atoms with Gasteiger partial charge in [-0.3, -0.25) is 4.79 Å². The van der Waals surface area contributed by atoms with Crippen molar-refractivity contribution in [3.05, 3.63) is 23.7 Å². The van der Waals surface area contributed by atoms with Crippen molar-refractivity contribution in [1.29, 1.82) is 0 Å². The highest BCUT2D eigenvalue weighted by molar-refractivity contribution is 5.70. The lowest BCUT2D eigenvalue weighted by Gasteiger charge is -2.01. The van der Waals surface area contributed by atoms with Gasteiger partial charge >= 0.3 is 0 Å². The van der Waals surface area contributed by atoms with Gasteiger partial charge in [0.25, 0.3) is 0 Å². The number of rotatable bonds is 12. The van der Waals surface area contributed by atoms with Gasteiger partial charge in [0, 0.05) is 0 Å². The number of hydrogen-bond acceptors (Lipinski definition) is 2. The third-order valence-electron chi connectivity index (χ3n) is 3.61. The van der Waals surface area contributed by atoms with Crippen LogP contribution in [0.3, 0.4) is 0 Å². The Bertz CT molecular complexity index is 328. The second kappa shape index (κ2) is 10.8. The van der Waals surface area contributed by atoms with Gasteiger partial charge < -0.3 is 4.42 Å². The summed E-state index contributed by atoms with van der Waals surface area (Å²) in [6.07, 6.45) is 17.1. The predicted octanol–water partition coefficient (Wildman–Crippen LogP) is 5.56. The minimum Gasteiger partial charge on any atom is -0.461 e. The van der Waals surface area contributed by atoms with Gasteiger partial charge in [-0.1, -0.05) is 64.7 Å². The van der Waals surface area contributed by atoms with Crippen LogP contribution in [0, 0.1) is 0 Å². The Morgan fingerprint density at radius 2 is 1.53 bits per heavy atom. The zero-order valence-electron chi connectivity index (χ0n) is 12.3. The van der Waals surface area contributed by atoms with Crippen LogP contribution in [0.4, 0.5) is 0 Å². The van der Waals surface area contributed by atoms with Crippen LogP contribution in [0.5, 0.6) is 0 Å². The molecular formula is C17H28O2. The van der Waals surface area contributed by atoms with E-state index >= 15 is 0 Å². The fourth-order valence-corrected chi connectivity index (χ4v) is 2.40. The van der Waals surface area contributed by atoms with Gasteiger partial charge in [-0.05, 0) is 24.5 Å². The van der Waals surface area contributed by atoms with Gasteiger partial charge in [0.15, 0.2) is 12.0 Å². The van der Waals surface area contributed by atoms with E-state index in [1.165, 1.54) is 64.2 Å². The summed E-state index contributed by atoms with van der Waals surface area (Å²) in [4.78, 5) is 10.5. The monoisotopic (exact) mass is 264 g/mol. The maximum absolute atomic E-state index is 10.5. The first-order valence-corrected chi connectivity index (χ1v) is 7.89. The van der Waals surface area contributed by atoms with Crippen molar-refractivity contribution in [3.8, 4) is 0 Å². The quantitative estimate of drug-likeness (QED) is 0.365. The SMILES string of the molecule is CCCCCCCCCCCCc1coc(C=O)c1. The average Bonchev–Trinajstić information content (AvgIpc) is 2.89. The van der Waals surface area contributed by atoms with Crippen molar-refractivity contribution in [1.82, 2.24) is 0 Å². The molecule has 108 valence electrons. The minimum atomic E-state index is 0.446. The van der Waals surface area contributed by atoms with E-state index in [1.54, 1.807) is 6.26 Å². The molecule has 0 saturated heterocycles. The molecule has 19 heavy (non-hydrogen) atoms. The zero-order chi connectivity index (χ0) is 13.8. The molecular weight excluding hydrogens is 236 g/mol. The normalized spacial score (nSPS) is 10.8. The molecule has 1 aromatic rings. The smallest absolute Gasteiger partial charge is 0.185 e. The lowest BCUT2D eigenvalue weighted by molar-refractivity contribution is 0.110. The molecule has 0 aliphatic carbocycles. The summed E-state index contributed by atoms with van der Waals surface area (Å²) in [5, 5.41) is 0. The van der Waals surface area contributed by atoms with Gasteiger partial charge in [-0.15, -0.1) is 0 Å². The molecule has 1 rings (SSSR count). The van der Waals surface area contributed by atoms with Gasteiger partial charge in [0.1, 0.15) is 0 Å². The second-order valence-corrected chi connectivity index (χ2v) is 5.41. The highest BCUT2D eigenvalue weighted by Crippen LogP contribution is 2.13. The van der Waals surface area contributed by atoms with Crippen LogP contribution >= 0.6 is 0 Å². The van der Waals surface area contributed by atoms with E-state index < -0.39 is 0 Å². The van der Waals surface area contributed by atoms with E-state index in [4.69, 9.17) is 4.42 Å². The molecule has 0 aliphatic heterocycles. The molecule has 0 radical (unpaired) electrons. The predicted molar refractivity (Wildman–Crippen MR) is 79.6 cm³/mol. The van der Waals surface area contributed by atoms with Crippen LogP contribution in [0.1, 0.15) is 87.3 Å². The van der Waals surface area contributed by atoms with Crippen LogP contribution in [0.25, 0.3) is 0 Å². The van der Waals surface area contributed by atoms with E-state index in [2.05, 4.69) is 6.92 Å². The Kier molecular flexibility index (Phi) is 9.13. The summed E-state index contributed by atoms with van der Waals surface area (Å²) in [6, 6.07) is 1.85. The standard InChI is InChI=1S/C17H28O2/c1-2-3-4-5-6-7-8-9-10-11-12-16-13-17(14-18)19-15-16/h13-15H,2-12H2,1H3. The number of hydrogen-bond donors (Lipinski definition) is 0. The lowest BCUT2D eigenvalue weighted by atomic mass is 10.0. The van der Waals surface area contributed by atoms with E-state index in [0.29, 0.717) is 5.76 Å². The van der Waals surface area contributed by atoms with Crippen molar-refractivity contribution < 1.29 is 9.21 Å². The van der Waals surface area contributed by atoms with Crippen LogP contribution in [0.2, 0.25) is 0 Å². The average molecular weight is 264 g/mol. The maximum Gasteiger partial charge on any atom is 0.185 e. The lowest BCUT2D eigenvalue weighted by Crippen LogP contribution is -1.85. The number of aryl methyl sites for hydroxylation is 1. The van der Waals surface area contributed by atoms with E-state index in [1.807, 2.05) is 6.07 Å². The summed E-state index contributed by atoms with van der Waals surface area (Å²) in [7, 11) is 0. The number of furan rings is 1. The first-order valence-electron chi connectivity index (χ1n) is 7.89. The molecule has 0 N–H and O–H groups in total. The van der Waals surface area contributed by atoms with E-state index in [-0.39, 0.29) is 0 Å². The fourth-order valence-electron chi connectivity index (χ4n) is 2.40. The molecule has 1 aromatic heterocycles. The Morgan fingerprint density at radius 1 is 0.947 bits per heavy atom. The molecule has 1 heterocycles. The highest BCUT2D eigenvalue weighted by atomic mass is 16.3. The van der Waals surface area contributed by atoms with Crippen molar-refractivity contribution in [2.24, 2.45) is 0 Å². The van der Waals surface area contributed by atoms with Gasteiger partial charge in [0.2, 0.25) is 0 Å². The third kappa shape index (κ3) is 7.86. The fraction of sp³-hybridized carbons (Fsp3) is 0.706. The molecule has 0 atom stereocenters. The number of aldehydes is 1. The summed E-state index contributed by atoms with van der Waals surface area (Å²) in [5.74, 6) is 0.446. The van der Waals surface area contributed by atoms with Crippen LogP contribution in [-0.2, 0) is 6.42 Å². The third-order valence-corrected chi connectivity index (χ3v) is 3.61. The topological polar surface area (TPSA) is 30.2 Å². The molecule has 0 unspecified atom stereocenters. The largest absolute Gasteiger partial charge is 0.461 e. The second-order valence-electron chi connectivity index (χ2n) is 5.41. The molecule has 0 fully saturated rings. The number of carbonyl (C=O) groups excluding carboxylic acids is 1. The van der Waals surface area contributed by atoms with Crippen LogP contribution in [-0.4, -0.2) is 6.29 Å². The minimum absolute atomic E-state index is 0.446. The zero-order valence-corrected chi connectivity index (χ0v) is 12.3. The first kappa shape index (κ1) is 16.0. The van der Waals surface area contributed by atoms with Crippen molar-refractivity contribution in [2.75, 3.05) is 0 Å². The van der Waals surface area contributed by atoms with Gasteiger partial charge in [-0.25, -0.2) is 0 Å². The summed E-state index contributed by atoms with van der Waals surface area (Å²) in [6.45, 7) is 2.26. The number of unbranched alkanes of at least 4 members (excludes halogenated alkanes) is 9. The van der Waals surface area contributed by atoms with Crippen molar-refractivity contribution in [2.45, 2.75) is 77.6 Å². The van der Waals surface area contributed by atoms with Gasteiger partial charge in [0.05, 0.1) is 6.26 Å². The number of carbonyl (C=O) groups is 1. The molecule has 2 nitrogen and oxygen atoms in total. The Hall–Kier alpha value is -1.05. The summed E-state index contributed by atoms with van der Waals surface area (Å²) in [5.41, 5.74) is 1.15. The molecule has 0 aromatic carbocycles. The van der Waals surface area contributed by atoms with E-state index in [9.17, 15) is 4.79 Å². The molecule has 2 heteroatoms. The molecule has 0 amide bonds. The summed E-state index contributed by atoms with van der Waals surface area (Å²) < 4.78 is 5.09. The Balaban J connectivity index is 1.87. The van der Waals surface area contributed by atoms with Gasteiger partial charge in [-0.2, -0.15) is 0 Å². The molecule has 0 aliphatic rings. The maximum atomic E-state index is 10.5. The van der Waals surface area contributed by atoms with Crippen LogP contribution in [0.15, 0.2) is 16.7 Å².